The molecule has 0 aromatic carbocycles. The minimum absolute atomic E-state index is 0.155. The van der Waals surface area contributed by atoms with E-state index in [-0.39, 0.29) is 10.3 Å². The molecule has 0 atom stereocenters. The average molecular weight is 304 g/mol. The minimum Gasteiger partial charge on any atom is -0.265 e. The van der Waals surface area contributed by atoms with Crippen molar-refractivity contribution < 1.29 is 13.2 Å². The molecule has 2 rings (SSSR count). The van der Waals surface area contributed by atoms with Crippen molar-refractivity contribution in [3.05, 3.63) is 40.8 Å². The normalized spacial score (nSPS) is 11.5. The van der Waals surface area contributed by atoms with Gasteiger partial charge in [0.2, 0.25) is 0 Å². The molecule has 0 fully saturated rings. The molecule has 0 N–H and O–H groups in total. The van der Waals surface area contributed by atoms with Gasteiger partial charge in [0.15, 0.2) is 0 Å². The molecule has 0 spiro atoms. The first-order valence-electron chi connectivity index (χ1n) is 4.49. The van der Waals surface area contributed by atoms with Crippen molar-refractivity contribution in [1.29, 1.82) is 0 Å². The van der Waals surface area contributed by atoms with Gasteiger partial charge in [0.05, 0.1) is 11.3 Å². The van der Waals surface area contributed by atoms with E-state index in [1.165, 1.54) is 12.4 Å². The summed E-state index contributed by atoms with van der Waals surface area (Å²) in [6.45, 7) is 0. The lowest BCUT2D eigenvalue weighted by Crippen LogP contribution is -2.08. The quantitative estimate of drug-likeness (QED) is 0.811. The van der Waals surface area contributed by atoms with Gasteiger partial charge >= 0.3 is 6.18 Å². The molecule has 3 nitrogen and oxygen atoms in total. The van der Waals surface area contributed by atoms with Gasteiger partial charge in [-0.1, -0.05) is 0 Å². The largest absolute Gasteiger partial charge is 0.419 e. The van der Waals surface area contributed by atoms with Gasteiger partial charge in [-0.05, 0) is 34.1 Å². The van der Waals surface area contributed by atoms with Gasteiger partial charge in [-0.15, -0.1) is 10.2 Å². The Hall–Kier alpha value is -1.50. The lowest BCUT2D eigenvalue weighted by Gasteiger charge is -2.09. The molecule has 0 radical (unpaired) electrons. The Morgan fingerprint density at radius 1 is 1.06 bits per heavy atom. The minimum atomic E-state index is -4.46. The third-order valence-corrected chi connectivity index (χ3v) is 2.62. The molecule has 0 saturated heterocycles. The molecule has 0 saturated carbocycles. The summed E-state index contributed by atoms with van der Waals surface area (Å²) in [5, 5.41) is 7.15. The van der Waals surface area contributed by atoms with Gasteiger partial charge in [0.1, 0.15) is 4.60 Å². The second-order valence-electron chi connectivity index (χ2n) is 3.17. The van der Waals surface area contributed by atoms with E-state index in [0.29, 0.717) is 5.56 Å². The van der Waals surface area contributed by atoms with Crippen LogP contribution in [-0.4, -0.2) is 15.2 Å². The Balaban J connectivity index is 2.53. The molecule has 17 heavy (non-hydrogen) atoms. The first-order chi connectivity index (χ1) is 7.98. The van der Waals surface area contributed by atoms with Crippen LogP contribution in [0.2, 0.25) is 0 Å². The van der Waals surface area contributed by atoms with E-state index in [9.17, 15) is 13.2 Å². The van der Waals surface area contributed by atoms with Crippen molar-refractivity contribution in [3.8, 4) is 11.3 Å². The predicted octanol–water partition coefficient (Wildman–Crippen LogP) is 3.32. The Morgan fingerprint density at radius 2 is 1.71 bits per heavy atom. The van der Waals surface area contributed by atoms with Crippen LogP contribution in [0, 0.1) is 0 Å². The highest BCUT2D eigenvalue weighted by Gasteiger charge is 2.34. The van der Waals surface area contributed by atoms with Crippen molar-refractivity contribution in [3.63, 3.8) is 0 Å². The predicted molar refractivity (Wildman–Crippen MR) is 58.0 cm³/mol. The van der Waals surface area contributed by atoms with Gasteiger partial charge in [0.25, 0.3) is 0 Å². The molecule has 0 aliphatic heterocycles. The van der Waals surface area contributed by atoms with Crippen molar-refractivity contribution in [2.45, 2.75) is 6.18 Å². The molecule has 2 aromatic rings. The Labute approximate surface area is 103 Å². The number of hydrogen-bond donors (Lipinski definition) is 0. The number of halogens is 4. The van der Waals surface area contributed by atoms with Crippen molar-refractivity contribution in [2.75, 3.05) is 0 Å². The van der Waals surface area contributed by atoms with E-state index >= 15 is 0 Å². The van der Waals surface area contributed by atoms with Crippen molar-refractivity contribution in [2.24, 2.45) is 0 Å². The van der Waals surface area contributed by atoms with Crippen LogP contribution in [0.1, 0.15) is 5.56 Å². The first kappa shape index (κ1) is 12.0. The highest BCUT2D eigenvalue weighted by Crippen LogP contribution is 2.35. The number of alkyl halides is 3. The van der Waals surface area contributed by atoms with Crippen molar-refractivity contribution >= 4 is 15.9 Å². The highest BCUT2D eigenvalue weighted by molar-refractivity contribution is 9.10. The Bertz CT molecular complexity index is 528. The summed E-state index contributed by atoms with van der Waals surface area (Å²) in [5.41, 5.74) is -0.160. The van der Waals surface area contributed by atoms with Crippen LogP contribution >= 0.6 is 15.9 Å². The summed E-state index contributed by atoms with van der Waals surface area (Å²) in [5.74, 6) is 0. The number of rotatable bonds is 1. The van der Waals surface area contributed by atoms with Gasteiger partial charge < -0.3 is 0 Å². The first-order valence-corrected chi connectivity index (χ1v) is 5.28. The summed E-state index contributed by atoms with van der Waals surface area (Å²) in [7, 11) is 0. The summed E-state index contributed by atoms with van der Waals surface area (Å²) in [4.78, 5) is 3.78. The van der Waals surface area contributed by atoms with E-state index in [1.807, 2.05) is 0 Å². The van der Waals surface area contributed by atoms with Gasteiger partial charge in [0, 0.05) is 18.0 Å². The maximum Gasteiger partial charge on any atom is 0.419 e. The van der Waals surface area contributed by atoms with Crippen LogP contribution in [0.25, 0.3) is 11.3 Å². The molecule has 0 unspecified atom stereocenters. The number of nitrogens with zero attached hydrogens (tertiary/aromatic N) is 3. The fourth-order valence-corrected chi connectivity index (χ4v) is 1.66. The molecular weight excluding hydrogens is 299 g/mol. The molecule has 88 valence electrons. The number of hydrogen-bond acceptors (Lipinski definition) is 3. The molecule has 2 heterocycles. The smallest absolute Gasteiger partial charge is 0.265 e. The Kier molecular flexibility index (Phi) is 3.10. The summed E-state index contributed by atoms with van der Waals surface area (Å²) in [6.07, 6.45) is -1.50. The summed E-state index contributed by atoms with van der Waals surface area (Å²) < 4.78 is 37.6. The molecule has 0 amide bonds. The monoisotopic (exact) mass is 303 g/mol. The van der Waals surface area contributed by atoms with Crippen LogP contribution in [0.5, 0.6) is 0 Å². The highest BCUT2D eigenvalue weighted by atomic mass is 79.9. The maximum atomic E-state index is 12.6. The zero-order valence-electron chi connectivity index (χ0n) is 8.24. The second kappa shape index (κ2) is 4.40. The van der Waals surface area contributed by atoms with E-state index in [1.54, 1.807) is 12.1 Å². The topological polar surface area (TPSA) is 38.7 Å². The van der Waals surface area contributed by atoms with Gasteiger partial charge in [-0.3, -0.25) is 4.98 Å². The molecule has 2 aromatic heterocycles. The molecule has 0 bridgehead atoms. The Morgan fingerprint density at radius 3 is 2.29 bits per heavy atom. The number of pyridine rings is 1. The van der Waals surface area contributed by atoms with E-state index in [4.69, 9.17) is 0 Å². The standard InChI is InChI=1S/C10H5BrF3N3/c11-9-7(10(12,13)14)5-8(16-17-9)6-1-3-15-4-2-6/h1-5H. The average Bonchev–Trinajstić information content (AvgIpc) is 2.29. The van der Waals surface area contributed by atoms with Gasteiger partial charge in [-0.25, -0.2) is 0 Å². The lowest BCUT2D eigenvalue weighted by molar-refractivity contribution is -0.138. The zero-order valence-corrected chi connectivity index (χ0v) is 9.83. The molecule has 0 aliphatic rings. The zero-order chi connectivity index (χ0) is 12.5. The summed E-state index contributed by atoms with van der Waals surface area (Å²) in [6, 6.07) is 4.09. The lowest BCUT2D eigenvalue weighted by atomic mass is 10.1. The van der Waals surface area contributed by atoms with Crippen molar-refractivity contribution in [1.82, 2.24) is 15.2 Å². The van der Waals surface area contributed by atoms with Gasteiger partial charge in [-0.2, -0.15) is 13.2 Å². The fraction of sp³-hybridized carbons (Fsp3) is 0.100. The van der Waals surface area contributed by atoms with Crippen LogP contribution in [-0.2, 0) is 6.18 Å². The second-order valence-corrected chi connectivity index (χ2v) is 3.92. The van der Waals surface area contributed by atoms with E-state index < -0.39 is 11.7 Å². The van der Waals surface area contributed by atoms with Crippen LogP contribution < -0.4 is 0 Å². The van der Waals surface area contributed by atoms with Crippen LogP contribution in [0.3, 0.4) is 0 Å². The third-order valence-electron chi connectivity index (χ3n) is 2.03. The molecule has 7 heteroatoms. The number of aromatic nitrogens is 3. The molecule has 0 aliphatic carbocycles. The van der Waals surface area contributed by atoms with Crippen LogP contribution in [0.4, 0.5) is 13.2 Å². The summed E-state index contributed by atoms with van der Waals surface area (Å²) >= 11 is 2.73. The van der Waals surface area contributed by atoms with Crippen LogP contribution in [0.15, 0.2) is 35.2 Å². The van der Waals surface area contributed by atoms with E-state index in [2.05, 4.69) is 31.1 Å². The SMILES string of the molecule is FC(F)(F)c1cc(-c2ccncc2)nnc1Br. The fourth-order valence-electron chi connectivity index (χ4n) is 1.24. The van der Waals surface area contributed by atoms with E-state index in [0.717, 1.165) is 6.07 Å². The third kappa shape index (κ3) is 2.60. The maximum absolute atomic E-state index is 12.6. The molecular formula is C10H5BrF3N3.